The fourth-order valence-corrected chi connectivity index (χ4v) is 1.72. The van der Waals surface area contributed by atoms with Crippen molar-refractivity contribution in [2.75, 3.05) is 5.32 Å². The Labute approximate surface area is 118 Å². The molecule has 0 bridgehead atoms. The molecule has 0 saturated heterocycles. The molecule has 2 heterocycles. The SMILES string of the molecule is O=C(CCn1cc(Cl)c([N+](=O)[O-])n1)Nc1ccncc1. The summed E-state index contributed by atoms with van der Waals surface area (Å²) in [6, 6.07) is 3.32. The summed E-state index contributed by atoms with van der Waals surface area (Å²) < 4.78 is 1.27. The van der Waals surface area contributed by atoms with Gasteiger partial charge >= 0.3 is 5.82 Å². The van der Waals surface area contributed by atoms with Gasteiger partial charge in [0.15, 0.2) is 5.02 Å². The molecule has 20 heavy (non-hydrogen) atoms. The van der Waals surface area contributed by atoms with E-state index in [0.717, 1.165) is 0 Å². The zero-order valence-corrected chi connectivity index (χ0v) is 10.9. The number of hydrogen-bond donors (Lipinski definition) is 1. The number of carbonyl (C=O) groups excluding carboxylic acids is 1. The number of nitrogens with one attached hydrogen (secondary N) is 1. The molecule has 0 aromatic carbocycles. The average molecular weight is 296 g/mol. The Hall–Kier alpha value is -2.48. The Balaban J connectivity index is 1.90. The van der Waals surface area contributed by atoms with Gasteiger partial charge in [-0.15, -0.1) is 0 Å². The van der Waals surface area contributed by atoms with Crippen LogP contribution >= 0.6 is 11.6 Å². The van der Waals surface area contributed by atoms with E-state index >= 15 is 0 Å². The highest BCUT2D eigenvalue weighted by atomic mass is 35.5. The molecule has 9 heteroatoms. The third kappa shape index (κ3) is 3.51. The van der Waals surface area contributed by atoms with Crippen LogP contribution in [0.4, 0.5) is 11.5 Å². The van der Waals surface area contributed by atoms with Crippen molar-refractivity contribution in [1.29, 1.82) is 0 Å². The van der Waals surface area contributed by atoms with Crippen LogP contribution in [0.15, 0.2) is 30.7 Å². The largest absolute Gasteiger partial charge is 0.408 e. The van der Waals surface area contributed by atoms with Gasteiger partial charge in [-0.2, -0.15) is 4.68 Å². The number of aryl methyl sites for hydroxylation is 1. The highest BCUT2D eigenvalue weighted by Crippen LogP contribution is 2.21. The lowest BCUT2D eigenvalue weighted by atomic mass is 10.3. The molecule has 1 N–H and O–H groups in total. The maximum atomic E-state index is 11.7. The Morgan fingerprint density at radius 2 is 2.15 bits per heavy atom. The molecule has 0 spiro atoms. The minimum Gasteiger partial charge on any atom is -0.358 e. The third-order valence-corrected chi connectivity index (χ3v) is 2.67. The summed E-state index contributed by atoms with van der Waals surface area (Å²) in [6.07, 6.45) is 4.56. The van der Waals surface area contributed by atoms with Crippen molar-refractivity contribution in [2.45, 2.75) is 13.0 Å². The first kappa shape index (κ1) is 13.9. The topological polar surface area (TPSA) is 103 Å². The minimum atomic E-state index is -0.671. The Morgan fingerprint density at radius 3 is 2.75 bits per heavy atom. The zero-order chi connectivity index (χ0) is 14.5. The van der Waals surface area contributed by atoms with E-state index in [2.05, 4.69) is 15.4 Å². The van der Waals surface area contributed by atoms with Gasteiger partial charge in [0.2, 0.25) is 5.91 Å². The maximum Gasteiger partial charge on any atom is 0.408 e. The smallest absolute Gasteiger partial charge is 0.358 e. The summed E-state index contributed by atoms with van der Waals surface area (Å²) in [6.45, 7) is 0.199. The van der Waals surface area contributed by atoms with E-state index in [1.165, 1.54) is 10.9 Å². The fourth-order valence-electron chi connectivity index (χ4n) is 1.50. The molecule has 104 valence electrons. The van der Waals surface area contributed by atoms with E-state index in [1.807, 2.05) is 0 Å². The van der Waals surface area contributed by atoms with Gasteiger partial charge in [0.1, 0.15) is 0 Å². The van der Waals surface area contributed by atoms with Crippen LogP contribution in [0.2, 0.25) is 5.02 Å². The number of amides is 1. The predicted molar refractivity (Wildman–Crippen MR) is 71.4 cm³/mol. The second-order valence-electron chi connectivity index (χ2n) is 3.85. The van der Waals surface area contributed by atoms with Crippen LogP contribution in [-0.2, 0) is 11.3 Å². The first-order valence-corrected chi connectivity index (χ1v) is 6.01. The van der Waals surface area contributed by atoms with Crippen molar-refractivity contribution in [2.24, 2.45) is 0 Å². The van der Waals surface area contributed by atoms with Gasteiger partial charge in [0, 0.05) is 24.5 Å². The molecule has 2 aromatic heterocycles. The summed E-state index contributed by atoms with van der Waals surface area (Å²) in [5.74, 6) is -0.647. The molecule has 0 aliphatic heterocycles. The number of nitro groups is 1. The molecular weight excluding hydrogens is 286 g/mol. The summed E-state index contributed by atoms with van der Waals surface area (Å²) >= 11 is 5.65. The molecule has 0 aliphatic rings. The normalized spacial score (nSPS) is 10.2. The second kappa shape index (κ2) is 6.11. The molecule has 2 rings (SSSR count). The van der Waals surface area contributed by atoms with E-state index in [9.17, 15) is 14.9 Å². The van der Waals surface area contributed by atoms with Gasteiger partial charge in [0.05, 0.1) is 17.8 Å². The first-order valence-electron chi connectivity index (χ1n) is 5.63. The predicted octanol–water partition coefficient (Wildman–Crippen LogP) is 1.87. The molecule has 0 radical (unpaired) electrons. The van der Waals surface area contributed by atoms with E-state index in [1.54, 1.807) is 24.5 Å². The van der Waals surface area contributed by atoms with E-state index < -0.39 is 10.7 Å². The molecule has 0 atom stereocenters. The number of rotatable bonds is 5. The van der Waals surface area contributed by atoms with Gasteiger partial charge in [0.25, 0.3) is 0 Å². The van der Waals surface area contributed by atoms with Gasteiger partial charge in [-0.25, -0.2) is 0 Å². The maximum absolute atomic E-state index is 11.7. The number of aromatic nitrogens is 3. The van der Waals surface area contributed by atoms with Crippen molar-refractivity contribution < 1.29 is 9.72 Å². The lowest BCUT2D eigenvalue weighted by molar-refractivity contribution is -0.389. The van der Waals surface area contributed by atoms with Gasteiger partial charge in [-0.1, -0.05) is 11.6 Å². The highest BCUT2D eigenvalue weighted by Gasteiger charge is 2.19. The van der Waals surface area contributed by atoms with Gasteiger partial charge in [-0.3, -0.25) is 9.78 Å². The van der Waals surface area contributed by atoms with Crippen LogP contribution in [0.1, 0.15) is 6.42 Å². The fraction of sp³-hybridized carbons (Fsp3) is 0.182. The number of pyridine rings is 1. The Kier molecular flexibility index (Phi) is 4.26. The van der Waals surface area contributed by atoms with Crippen LogP contribution < -0.4 is 5.32 Å². The Bertz CT molecular complexity index is 628. The lowest BCUT2D eigenvalue weighted by Gasteiger charge is -2.03. The number of hydrogen-bond acceptors (Lipinski definition) is 5. The summed E-state index contributed by atoms with van der Waals surface area (Å²) in [7, 11) is 0. The van der Waals surface area contributed by atoms with Crippen LogP contribution in [0.25, 0.3) is 0 Å². The number of nitrogens with zero attached hydrogens (tertiary/aromatic N) is 4. The van der Waals surface area contributed by atoms with E-state index in [-0.39, 0.29) is 23.9 Å². The van der Waals surface area contributed by atoms with Crippen molar-refractivity contribution in [3.63, 3.8) is 0 Å². The number of carbonyl (C=O) groups is 1. The first-order chi connectivity index (χ1) is 9.56. The van der Waals surface area contributed by atoms with Crippen molar-refractivity contribution in [1.82, 2.24) is 14.8 Å². The average Bonchev–Trinajstić information content (AvgIpc) is 2.79. The second-order valence-corrected chi connectivity index (χ2v) is 4.26. The summed E-state index contributed by atoms with van der Waals surface area (Å²) in [5.41, 5.74) is 0.634. The molecular formula is C11H10ClN5O3. The molecule has 2 aromatic rings. The third-order valence-electron chi connectivity index (χ3n) is 2.40. The van der Waals surface area contributed by atoms with Crippen molar-refractivity contribution in [3.8, 4) is 0 Å². The molecule has 0 aliphatic carbocycles. The van der Waals surface area contributed by atoms with Crippen molar-refractivity contribution in [3.05, 3.63) is 45.9 Å². The number of halogens is 1. The van der Waals surface area contributed by atoms with Crippen LogP contribution in [0, 0.1) is 10.1 Å². The quantitative estimate of drug-likeness (QED) is 0.670. The van der Waals surface area contributed by atoms with Gasteiger partial charge < -0.3 is 15.4 Å². The van der Waals surface area contributed by atoms with Crippen LogP contribution in [0.5, 0.6) is 0 Å². The molecule has 0 unspecified atom stereocenters. The molecule has 0 saturated carbocycles. The highest BCUT2D eigenvalue weighted by molar-refractivity contribution is 6.32. The molecule has 8 nitrogen and oxygen atoms in total. The van der Waals surface area contributed by atoms with Crippen LogP contribution in [0.3, 0.4) is 0 Å². The monoisotopic (exact) mass is 295 g/mol. The zero-order valence-electron chi connectivity index (χ0n) is 10.2. The van der Waals surface area contributed by atoms with Gasteiger partial charge in [-0.05, 0) is 17.1 Å². The summed E-state index contributed by atoms with van der Waals surface area (Å²) in [5, 5.41) is 16.9. The lowest BCUT2D eigenvalue weighted by Crippen LogP contribution is -2.14. The number of anilines is 1. The Morgan fingerprint density at radius 1 is 1.45 bits per heavy atom. The van der Waals surface area contributed by atoms with E-state index in [0.29, 0.717) is 5.69 Å². The summed E-state index contributed by atoms with van der Waals surface area (Å²) in [4.78, 5) is 25.4. The van der Waals surface area contributed by atoms with E-state index in [4.69, 9.17) is 11.6 Å². The van der Waals surface area contributed by atoms with Crippen LogP contribution in [-0.4, -0.2) is 25.6 Å². The standard InChI is InChI=1S/C11H10ClN5O3/c12-9-7-16(15-11(9)17(19)20)6-3-10(18)14-8-1-4-13-5-2-8/h1-2,4-5,7H,3,6H2,(H,13,14,18). The molecule has 0 fully saturated rings. The minimum absolute atomic E-state index is 0.0514. The van der Waals surface area contributed by atoms with Crippen molar-refractivity contribution >= 4 is 29.0 Å². The molecule has 1 amide bonds.